The van der Waals surface area contributed by atoms with Crippen molar-refractivity contribution < 1.29 is 0 Å². The second-order valence-electron chi connectivity index (χ2n) is 6.96. The minimum atomic E-state index is -1.41. The fraction of sp³-hybridized carbons (Fsp3) is 0.867. The molecule has 0 bridgehead atoms. The van der Waals surface area contributed by atoms with Crippen LogP contribution in [0, 0.1) is 0 Å². The molecule has 0 spiro atoms. The summed E-state index contributed by atoms with van der Waals surface area (Å²) >= 11 is 0. The Labute approximate surface area is 116 Å². The zero-order valence-corrected chi connectivity index (χ0v) is 15.4. The fourth-order valence-electron chi connectivity index (χ4n) is 3.67. The summed E-state index contributed by atoms with van der Waals surface area (Å²) in [6, 6.07) is 2.18. The van der Waals surface area contributed by atoms with Gasteiger partial charge in [0.2, 0.25) is 0 Å². The summed E-state index contributed by atoms with van der Waals surface area (Å²) in [4.78, 5) is 4.24. The molecule has 106 valence electrons. The number of nitrogens with one attached hydrogen (secondary N) is 1. The predicted octanol–water partition coefficient (Wildman–Crippen LogP) is 4.80. The van der Waals surface area contributed by atoms with Crippen LogP contribution in [0.1, 0.15) is 52.9 Å². The topological polar surface area (TPSA) is 12.0 Å². The van der Waals surface area contributed by atoms with Gasteiger partial charge in [-0.15, -0.1) is 0 Å². The predicted molar refractivity (Wildman–Crippen MR) is 89.0 cm³/mol. The van der Waals surface area contributed by atoms with Crippen molar-refractivity contribution in [2.45, 2.75) is 84.6 Å². The molecular weight excluding hydrogens is 250 g/mol. The van der Waals surface area contributed by atoms with E-state index in [-0.39, 0.29) is 0 Å². The van der Waals surface area contributed by atoms with Crippen molar-refractivity contribution in [2.75, 3.05) is 0 Å². The Hall–Kier alpha value is 0.134. The molecule has 1 rings (SSSR count). The molecule has 0 aromatic heterocycles. The van der Waals surface area contributed by atoms with Gasteiger partial charge in [-0.3, -0.25) is 0 Å². The summed E-state index contributed by atoms with van der Waals surface area (Å²) in [5.74, 6) is 0. The Balaban J connectivity index is 2.95. The lowest BCUT2D eigenvalue weighted by Gasteiger charge is -2.46. The van der Waals surface area contributed by atoms with Gasteiger partial charge in [0.25, 0.3) is 0 Å². The van der Waals surface area contributed by atoms with Crippen LogP contribution in [0.4, 0.5) is 0 Å². The molecule has 0 aliphatic heterocycles. The Morgan fingerprint density at radius 1 is 1.17 bits per heavy atom. The summed E-state index contributed by atoms with van der Waals surface area (Å²) in [5, 5.41) is 1.70. The highest BCUT2D eigenvalue weighted by molar-refractivity contribution is 7.42. The quantitative estimate of drug-likeness (QED) is 0.715. The minimum absolute atomic E-state index is 0.812. The van der Waals surface area contributed by atoms with Crippen molar-refractivity contribution in [3.05, 3.63) is 11.3 Å². The van der Waals surface area contributed by atoms with Crippen molar-refractivity contribution in [1.29, 1.82) is 0 Å². The smallest absolute Gasteiger partial charge is 0.141 e. The SMILES string of the molecule is C/C=C(\C)[Si](CC)(NC1CCCCC1)[Si](C)(C)C. The van der Waals surface area contributed by atoms with E-state index < -0.39 is 15.3 Å². The molecule has 1 N–H and O–H groups in total. The van der Waals surface area contributed by atoms with E-state index in [2.05, 4.69) is 51.5 Å². The van der Waals surface area contributed by atoms with E-state index in [9.17, 15) is 0 Å². The van der Waals surface area contributed by atoms with Gasteiger partial charge in [-0.1, -0.05) is 57.1 Å². The molecule has 0 heterocycles. The maximum atomic E-state index is 4.24. The summed E-state index contributed by atoms with van der Waals surface area (Å²) in [7, 11) is -2.56. The number of hydrogen-bond donors (Lipinski definition) is 1. The van der Waals surface area contributed by atoms with E-state index in [0.29, 0.717) is 0 Å². The molecule has 0 aromatic carbocycles. The summed E-state index contributed by atoms with van der Waals surface area (Å²) in [6.45, 7) is 14.8. The summed E-state index contributed by atoms with van der Waals surface area (Å²) in [5.41, 5.74) is 0. The molecule has 18 heavy (non-hydrogen) atoms. The second kappa shape index (κ2) is 6.53. The number of hydrogen-bond acceptors (Lipinski definition) is 1. The maximum Gasteiger partial charge on any atom is 0.141 e. The van der Waals surface area contributed by atoms with Crippen LogP contribution < -0.4 is 4.98 Å². The first kappa shape index (κ1) is 16.2. The average molecular weight is 284 g/mol. The van der Waals surface area contributed by atoms with Crippen LogP contribution in [0.5, 0.6) is 0 Å². The normalized spacial score (nSPS) is 22.9. The lowest BCUT2D eigenvalue weighted by molar-refractivity contribution is 0.415. The van der Waals surface area contributed by atoms with Crippen LogP contribution in [0.3, 0.4) is 0 Å². The highest BCUT2D eigenvalue weighted by Crippen LogP contribution is 2.30. The van der Waals surface area contributed by atoms with Crippen molar-refractivity contribution in [3.8, 4) is 0 Å². The standard InChI is InChI=1S/C15H33NSi2/c1-7-14(3)18(8-2,17(4,5)6)16-15-12-10-9-11-13-15/h7,15-16H,8-13H2,1-6H3/b14-7+. The zero-order valence-electron chi connectivity index (χ0n) is 13.4. The monoisotopic (exact) mass is 283 g/mol. The molecule has 0 aromatic rings. The van der Waals surface area contributed by atoms with Gasteiger partial charge in [0.1, 0.15) is 7.75 Å². The van der Waals surface area contributed by atoms with E-state index in [1.807, 2.05) is 0 Å². The third-order valence-corrected chi connectivity index (χ3v) is 21.5. The highest BCUT2D eigenvalue weighted by atomic mass is 29.3. The summed E-state index contributed by atoms with van der Waals surface area (Å²) < 4.78 is 0. The molecule has 3 heteroatoms. The molecule has 1 atom stereocenters. The molecule has 1 aliphatic rings. The lowest BCUT2D eigenvalue weighted by atomic mass is 9.96. The van der Waals surface area contributed by atoms with Gasteiger partial charge in [-0.25, -0.2) is 0 Å². The van der Waals surface area contributed by atoms with Gasteiger partial charge >= 0.3 is 0 Å². The first-order valence-corrected chi connectivity index (χ1v) is 14.5. The number of rotatable bonds is 5. The van der Waals surface area contributed by atoms with E-state index >= 15 is 0 Å². The van der Waals surface area contributed by atoms with Crippen LogP contribution in [0.2, 0.25) is 25.7 Å². The first-order valence-electron chi connectivity index (χ1n) is 7.78. The van der Waals surface area contributed by atoms with Crippen molar-refractivity contribution in [3.63, 3.8) is 0 Å². The summed E-state index contributed by atoms with van der Waals surface area (Å²) in [6.07, 6.45) is 9.55. The van der Waals surface area contributed by atoms with Crippen LogP contribution >= 0.6 is 0 Å². The molecule has 0 amide bonds. The van der Waals surface area contributed by atoms with Gasteiger partial charge in [0.05, 0.1) is 7.59 Å². The third kappa shape index (κ3) is 3.37. The molecule has 1 aliphatic carbocycles. The maximum absolute atomic E-state index is 4.24. The van der Waals surface area contributed by atoms with Gasteiger partial charge < -0.3 is 4.98 Å². The van der Waals surface area contributed by atoms with E-state index in [1.54, 1.807) is 5.20 Å². The van der Waals surface area contributed by atoms with Crippen LogP contribution in [0.15, 0.2) is 11.3 Å². The molecule has 0 radical (unpaired) electrons. The Bertz CT molecular complexity index is 287. The fourth-order valence-corrected chi connectivity index (χ4v) is 17.9. The lowest BCUT2D eigenvalue weighted by Crippen LogP contribution is -2.70. The van der Waals surface area contributed by atoms with Gasteiger partial charge in [0, 0.05) is 6.04 Å². The van der Waals surface area contributed by atoms with E-state index in [1.165, 1.54) is 38.1 Å². The Kier molecular flexibility index (Phi) is 5.87. The Morgan fingerprint density at radius 3 is 2.11 bits per heavy atom. The molecule has 1 fully saturated rings. The van der Waals surface area contributed by atoms with E-state index in [4.69, 9.17) is 0 Å². The van der Waals surface area contributed by atoms with Crippen molar-refractivity contribution in [2.24, 2.45) is 0 Å². The zero-order chi connectivity index (χ0) is 13.8. The molecule has 0 saturated heterocycles. The van der Waals surface area contributed by atoms with Crippen molar-refractivity contribution in [1.82, 2.24) is 4.98 Å². The van der Waals surface area contributed by atoms with Crippen LogP contribution in [-0.4, -0.2) is 21.4 Å². The first-order chi connectivity index (χ1) is 8.37. The van der Waals surface area contributed by atoms with Gasteiger partial charge in [0.15, 0.2) is 0 Å². The Morgan fingerprint density at radius 2 is 1.72 bits per heavy atom. The average Bonchev–Trinajstić information content (AvgIpc) is 2.34. The van der Waals surface area contributed by atoms with Crippen LogP contribution in [0.25, 0.3) is 0 Å². The molecular formula is C15H33NSi2. The van der Waals surface area contributed by atoms with Gasteiger partial charge in [-0.05, 0) is 32.7 Å². The minimum Gasteiger partial charge on any atom is -0.333 e. The molecule has 1 saturated carbocycles. The van der Waals surface area contributed by atoms with Crippen molar-refractivity contribution >= 4 is 15.3 Å². The third-order valence-electron chi connectivity index (χ3n) is 4.97. The van der Waals surface area contributed by atoms with Crippen LogP contribution in [-0.2, 0) is 0 Å². The molecule has 1 unspecified atom stereocenters. The molecule has 1 nitrogen and oxygen atoms in total. The van der Waals surface area contributed by atoms with E-state index in [0.717, 1.165) is 6.04 Å². The highest BCUT2D eigenvalue weighted by Gasteiger charge is 2.46. The van der Waals surface area contributed by atoms with Gasteiger partial charge in [-0.2, -0.15) is 0 Å². The number of allylic oxidation sites excluding steroid dienone is 2. The largest absolute Gasteiger partial charge is 0.333 e. The second-order valence-corrected chi connectivity index (χ2v) is 22.1.